The van der Waals surface area contributed by atoms with Gasteiger partial charge in [-0.05, 0) is 62.8 Å². The van der Waals surface area contributed by atoms with Crippen LogP contribution in [0.4, 0.5) is 5.69 Å². The average molecular weight is 470 g/mol. The summed E-state index contributed by atoms with van der Waals surface area (Å²) >= 11 is 12.3. The van der Waals surface area contributed by atoms with Gasteiger partial charge in [-0.1, -0.05) is 23.2 Å². The van der Waals surface area contributed by atoms with Gasteiger partial charge in [-0.3, -0.25) is 4.79 Å². The van der Waals surface area contributed by atoms with Crippen molar-refractivity contribution in [2.45, 2.75) is 57.2 Å². The fraction of sp³-hybridized carbons (Fsp3) is 0.696. The van der Waals surface area contributed by atoms with E-state index in [1.54, 1.807) is 6.07 Å². The van der Waals surface area contributed by atoms with Gasteiger partial charge in [0.2, 0.25) is 5.91 Å². The summed E-state index contributed by atoms with van der Waals surface area (Å²) in [6, 6.07) is 5.44. The van der Waals surface area contributed by atoms with E-state index in [9.17, 15) is 15.0 Å². The van der Waals surface area contributed by atoms with E-state index in [1.165, 1.54) is 0 Å². The van der Waals surface area contributed by atoms with Crippen molar-refractivity contribution < 1.29 is 15.0 Å². The monoisotopic (exact) mass is 469 g/mol. The second-order valence-electron chi connectivity index (χ2n) is 9.49. The molecule has 2 heterocycles. The van der Waals surface area contributed by atoms with E-state index in [-0.39, 0.29) is 36.1 Å². The molecule has 1 amide bonds. The third-order valence-corrected chi connectivity index (χ3v) is 8.24. The third kappa shape index (κ3) is 4.98. The highest BCUT2D eigenvalue weighted by Gasteiger charge is 2.51. The Kier molecular flexibility index (Phi) is 7.04. The van der Waals surface area contributed by atoms with E-state index in [1.807, 2.05) is 17.0 Å². The van der Waals surface area contributed by atoms with Crippen molar-refractivity contribution in [1.82, 2.24) is 9.80 Å². The Morgan fingerprint density at radius 3 is 2.58 bits per heavy atom. The number of aliphatic hydroxyl groups excluding tert-OH is 2. The predicted octanol–water partition coefficient (Wildman–Crippen LogP) is 3.02. The zero-order chi connectivity index (χ0) is 22.2. The summed E-state index contributed by atoms with van der Waals surface area (Å²) in [5.41, 5.74) is 1.14. The number of carbonyl (C=O) groups excluding carboxylic acids is 1. The minimum atomic E-state index is -0.242. The number of β-amino-alcohol motifs (C(OH)–C–C–N with tert-alkyl or cyclic N) is 1. The van der Waals surface area contributed by atoms with E-state index >= 15 is 0 Å². The lowest BCUT2D eigenvalue weighted by atomic mass is 9.90. The number of carbonyl (C=O) groups is 1. The molecule has 1 aromatic rings. The van der Waals surface area contributed by atoms with Crippen LogP contribution in [0.2, 0.25) is 10.0 Å². The zero-order valence-corrected chi connectivity index (χ0v) is 19.7. The number of likely N-dealkylation sites (tertiary alicyclic amines) is 1. The molecule has 2 aliphatic heterocycles. The van der Waals surface area contributed by atoms with E-state index in [0.717, 1.165) is 38.0 Å². The molecule has 1 saturated carbocycles. The Morgan fingerprint density at radius 1 is 1.16 bits per heavy atom. The average Bonchev–Trinajstić information content (AvgIpc) is 3.54. The maximum atomic E-state index is 12.9. The van der Waals surface area contributed by atoms with Crippen LogP contribution in [0.25, 0.3) is 0 Å². The van der Waals surface area contributed by atoms with Crippen LogP contribution in [-0.2, 0) is 4.79 Å². The summed E-state index contributed by atoms with van der Waals surface area (Å²) in [5.74, 6) is 0.0732. The van der Waals surface area contributed by atoms with Gasteiger partial charge in [0.05, 0.1) is 28.8 Å². The first kappa shape index (κ1) is 23.1. The van der Waals surface area contributed by atoms with E-state index in [0.29, 0.717) is 42.5 Å². The van der Waals surface area contributed by atoms with Gasteiger partial charge in [-0.2, -0.15) is 0 Å². The van der Waals surface area contributed by atoms with Crippen molar-refractivity contribution in [3.8, 4) is 0 Å². The van der Waals surface area contributed by atoms with Crippen molar-refractivity contribution in [2.75, 3.05) is 44.2 Å². The number of anilines is 1. The summed E-state index contributed by atoms with van der Waals surface area (Å²) in [4.78, 5) is 19.3. The van der Waals surface area contributed by atoms with Crippen LogP contribution in [0, 0.1) is 5.41 Å². The van der Waals surface area contributed by atoms with Gasteiger partial charge < -0.3 is 24.9 Å². The lowest BCUT2D eigenvalue weighted by Gasteiger charge is -2.38. The second-order valence-corrected chi connectivity index (χ2v) is 10.3. The summed E-state index contributed by atoms with van der Waals surface area (Å²) in [6.45, 7) is 5.68. The molecule has 3 atom stereocenters. The molecule has 0 aromatic heterocycles. The quantitative estimate of drug-likeness (QED) is 0.669. The van der Waals surface area contributed by atoms with Crippen LogP contribution in [0.1, 0.15) is 39.0 Å². The molecule has 3 aliphatic rings. The molecule has 6 nitrogen and oxygen atoms in total. The van der Waals surface area contributed by atoms with Gasteiger partial charge in [-0.25, -0.2) is 0 Å². The summed E-state index contributed by atoms with van der Waals surface area (Å²) in [5, 5.41) is 21.6. The van der Waals surface area contributed by atoms with Gasteiger partial charge in [0.15, 0.2) is 0 Å². The second kappa shape index (κ2) is 9.44. The van der Waals surface area contributed by atoms with Crippen LogP contribution >= 0.6 is 23.2 Å². The smallest absolute Gasteiger partial charge is 0.224 e. The van der Waals surface area contributed by atoms with E-state index < -0.39 is 0 Å². The molecule has 8 heteroatoms. The van der Waals surface area contributed by atoms with Crippen molar-refractivity contribution >= 4 is 34.8 Å². The SMILES string of the molecule is CC1CN([C@@H](CO)CCN2CCC3(CC3)[C@H](O)C2)C(=O)CCN1c1ccc(Cl)c(Cl)c1. The Balaban J connectivity index is 1.38. The van der Waals surface area contributed by atoms with Crippen LogP contribution in [-0.4, -0.2) is 83.4 Å². The number of nitrogens with zero attached hydrogens (tertiary/aromatic N) is 3. The molecule has 2 N–H and O–H groups in total. The number of hydrogen-bond acceptors (Lipinski definition) is 5. The highest BCUT2D eigenvalue weighted by atomic mass is 35.5. The number of halogens is 2. The number of amides is 1. The topological polar surface area (TPSA) is 67.2 Å². The first-order chi connectivity index (χ1) is 14.8. The molecule has 0 radical (unpaired) electrons. The van der Waals surface area contributed by atoms with E-state index in [4.69, 9.17) is 23.2 Å². The first-order valence-corrected chi connectivity index (χ1v) is 12.1. The lowest BCUT2D eigenvalue weighted by molar-refractivity contribution is -0.134. The molecule has 2 saturated heterocycles. The highest BCUT2D eigenvalue weighted by Crippen LogP contribution is 2.53. The largest absolute Gasteiger partial charge is 0.394 e. The molecule has 1 aromatic carbocycles. The van der Waals surface area contributed by atoms with Gasteiger partial charge in [-0.15, -0.1) is 0 Å². The molecular weight excluding hydrogens is 437 g/mol. The molecule has 31 heavy (non-hydrogen) atoms. The minimum Gasteiger partial charge on any atom is -0.394 e. The van der Waals surface area contributed by atoms with Crippen molar-refractivity contribution in [1.29, 1.82) is 0 Å². The normalized spacial score (nSPS) is 27.5. The molecule has 172 valence electrons. The molecule has 0 bridgehead atoms. The number of hydrogen-bond donors (Lipinski definition) is 2. The zero-order valence-electron chi connectivity index (χ0n) is 18.1. The number of aliphatic hydroxyl groups is 2. The van der Waals surface area contributed by atoms with Gasteiger partial charge in [0.1, 0.15) is 0 Å². The first-order valence-electron chi connectivity index (χ1n) is 11.4. The summed E-state index contributed by atoms with van der Waals surface area (Å²) < 4.78 is 0. The Morgan fingerprint density at radius 2 is 1.94 bits per heavy atom. The fourth-order valence-corrected chi connectivity index (χ4v) is 5.46. The van der Waals surface area contributed by atoms with Gasteiger partial charge in [0, 0.05) is 44.3 Å². The highest BCUT2D eigenvalue weighted by molar-refractivity contribution is 6.42. The Labute approximate surface area is 194 Å². The minimum absolute atomic E-state index is 0.0500. The maximum Gasteiger partial charge on any atom is 0.224 e. The van der Waals surface area contributed by atoms with Gasteiger partial charge in [0.25, 0.3) is 0 Å². The number of benzene rings is 1. The van der Waals surface area contributed by atoms with Crippen molar-refractivity contribution in [3.05, 3.63) is 28.2 Å². The lowest BCUT2D eigenvalue weighted by Crippen LogP contribution is -2.49. The van der Waals surface area contributed by atoms with Crippen LogP contribution < -0.4 is 4.90 Å². The number of piperidine rings is 1. The molecular formula is C23H33Cl2N3O3. The molecule has 3 fully saturated rings. The van der Waals surface area contributed by atoms with Gasteiger partial charge >= 0.3 is 0 Å². The van der Waals surface area contributed by atoms with Crippen LogP contribution in [0.3, 0.4) is 0 Å². The molecule has 4 rings (SSSR count). The van der Waals surface area contributed by atoms with Crippen molar-refractivity contribution in [3.63, 3.8) is 0 Å². The summed E-state index contributed by atoms with van der Waals surface area (Å²) in [7, 11) is 0. The van der Waals surface area contributed by atoms with Crippen molar-refractivity contribution in [2.24, 2.45) is 5.41 Å². The standard InChI is InChI=1S/C23H33Cl2N3O3/c1-16-13-28(22(31)5-10-27(16)17-2-3-19(24)20(25)12-17)18(15-29)4-9-26-11-8-23(6-7-23)21(30)14-26/h2-3,12,16,18,21,29-30H,4-11,13-15H2,1H3/t16?,18-,21-/m1/s1. The van der Waals surface area contributed by atoms with Crippen LogP contribution in [0.15, 0.2) is 18.2 Å². The Bertz CT molecular complexity index is 804. The van der Waals surface area contributed by atoms with E-state index in [2.05, 4.69) is 16.7 Å². The molecule has 1 unspecified atom stereocenters. The number of rotatable bonds is 6. The fourth-order valence-electron chi connectivity index (χ4n) is 5.17. The Hall–Kier alpha value is -1.05. The summed E-state index contributed by atoms with van der Waals surface area (Å²) in [6.07, 6.45) is 4.21. The predicted molar refractivity (Wildman–Crippen MR) is 124 cm³/mol. The van der Waals surface area contributed by atoms with Crippen LogP contribution in [0.5, 0.6) is 0 Å². The molecule has 1 spiro atoms. The molecule has 1 aliphatic carbocycles. The maximum absolute atomic E-state index is 12.9. The third-order valence-electron chi connectivity index (χ3n) is 7.50.